The summed E-state index contributed by atoms with van der Waals surface area (Å²) in [6.07, 6.45) is 0. The fourth-order valence-corrected chi connectivity index (χ4v) is 1.23. The molecule has 0 aliphatic carbocycles. The topological polar surface area (TPSA) is 91.2 Å². The van der Waals surface area contributed by atoms with Gasteiger partial charge in [-0.05, 0) is 19.1 Å². The van der Waals surface area contributed by atoms with Crippen LogP contribution in [0.1, 0.15) is 6.92 Å². The van der Waals surface area contributed by atoms with Crippen LogP contribution in [-0.4, -0.2) is 25.0 Å². The van der Waals surface area contributed by atoms with Crippen molar-refractivity contribution in [1.82, 2.24) is 5.32 Å². The molecule has 0 fully saturated rings. The zero-order chi connectivity index (χ0) is 13.4. The molecule has 1 aromatic rings. The van der Waals surface area contributed by atoms with Gasteiger partial charge >= 0.3 is 11.8 Å². The largest absolute Gasteiger partial charge is 0.492 e. The van der Waals surface area contributed by atoms with Gasteiger partial charge < -0.3 is 15.4 Å². The summed E-state index contributed by atoms with van der Waals surface area (Å²) < 4.78 is 5.30. The Morgan fingerprint density at radius 3 is 2.72 bits per heavy atom. The molecule has 1 aromatic carbocycles. The van der Waals surface area contributed by atoms with Crippen molar-refractivity contribution in [3.05, 3.63) is 24.3 Å². The Morgan fingerprint density at radius 1 is 1.33 bits per heavy atom. The van der Waals surface area contributed by atoms with Gasteiger partial charge in [-0.25, -0.2) is 0 Å². The van der Waals surface area contributed by atoms with E-state index in [4.69, 9.17) is 10.00 Å². The number of carbonyl (C=O) groups is 2. The second-order valence-electron chi connectivity index (χ2n) is 3.22. The van der Waals surface area contributed by atoms with E-state index in [2.05, 4.69) is 10.6 Å². The fourth-order valence-electron chi connectivity index (χ4n) is 1.23. The lowest BCUT2D eigenvalue weighted by molar-refractivity contribution is -0.136. The molecular formula is C12H13N3O3. The summed E-state index contributed by atoms with van der Waals surface area (Å²) in [5, 5.41) is 12.9. The van der Waals surface area contributed by atoms with E-state index in [1.807, 2.05) is 6.92 Å². The summed E-state index contributed by atoms with van der Waals surface area (Å²) >= 11 is 0. The van der Waals surface area contributed by atoms with Gasteiger partial charge in [-0.2, -0.15) is 5.26 Å². The first-order chi connectivity index (χ1) is 8.69. The van der Waals surface area contributed by atoms with Crippen molar-refractivity contribution in [2.75, 3.05) is 18.5 Å². The summed E-state index contributed by atoms with van der Waals surface area (Å²) in [6.45, 7) is 2.06. The molecule has 2 amide bonds. The molecular weight excluding hydrogens is 234 g/mol. The quantitative estimate of drug-likeness (QED) is 0.604. The summed E-state index contributed by atoms with van der Waals surface area (Å²) in [7, 11) is 0. The van der Waals surface area contributed by atoms with Crippen molar-refractivity contribution in [2.45, 2.75) is 6.92 Å². The van der Waals surface area contributed by atoms with Gasteiger partial charge in [0.1, 0.15) is 12.3 Å². The maximum atomic E-state index is 11.5. The number of amides is 2. The Balaban J connectivity index is 2.70. The van der Waals surface area contributed by atoms with E-state index in [9.17, 15) is 9.59 Å². The fraction of sp³-hybridized carbons (Fsp3) is 0.250. The number of anilines is 1. The van der Waals surface area contributed by atoms with E-state index < -0.39 is 11.8 Å². The molecule has 0 aliphatic rings. The van der Waals surface area contributed by atoms with Gasteiger partial charge in [-0.1, -0.05) is 12.1 Å². The number of hydrogen-bond donors (Lipinski definition) is 2. The smallest absolute Gasteiger partial charge is 0.313 e. The second kappa shape index (κ2) is 6.91. The molecule has 0 heterocycles. The molecule has 1 rings (SSSR count). The Bertz CT molecular complexity index is 480. The number of nitrogens with one attached hydrogen (secondary N) is 2. The van der Waals surface area contributed by atoms with Crippen molar-refractivity contribution in [3.8, 4) is 11.8 Å². The van der Waals surface area contributed by atoms with E-state index in [-0.39, 0.29) is 6.54 Å². The van der Waals surface area contributed by atoms with Crippen LogP contribution >= 0.6 is 0 Å². The lowest BCUT2D eigenvalue weighted by Gasteiger charge is -2.10. The first kappa shape index (κ1) is 13.5. The molecule has 0 saturated carbocycles. The van der Waals surface area contributed by atoms with Gasteiger partial charge in [-0.15, -0.1) is 0 Å². The number of carbonyl (C=O) groups excluding carboxylic acids is 2. The molecule has 18 heavy (non-hydrogen) atoms. The van der Waals surface area contributed by atoms with Gasteiger partial charge in [0.2, 0.25) is 0 Å². The second-order valence-corrected chi connectivity index (χ2v) is 3.22. The summed E-state index contributed by atoms with van der Waals surface area (Å²) in [5.74, 6) is -1.21. The van der Waals surface area contributed by atoms with Gasteiger partial charge in [-0.3, -0.25) is 9.59 Å². The maximum Gasteiger partial charge on any atom is 0.313 e. The third-order valence-corrected chi connectivity index (χ3v) is 1.97. The highest BCUT2D eigenvalue weighted by molar-refractivity contribution is 6.39. The van der Waals surface area contributed by atoms with Gasteiger partial charge in [0.15, 0.2) is 0 Å². The number of rotatable bonds is 4. The Kier molecular flexibility index (Phi) is 5.19. The van der Waals surface area contributed by atoms with Gasteiger partial charge in [0, 0.05) is 0 Å². The molecule has 6 heteroatoms. The highest BCUT2D eigenvalue weighted by atomic mass is 16.5. The van der Waals surface area contributed by atoms with E-state index in [1.165, 1.54) is 0 Å². The normalized spacial score (nSPS) is 9.11. The van der Waals surface area contributed by atoms with Crippen LogP contribution in [0, 0.1) is 11.3 Å². The lowest BCUT2D eigenvalue weighted by Crippen LogP contribution is -2.35. The SMILES string of the molecule is CCOc1ccccc1NC(=O)C(=O)NCC#N. The Morgan fingerprint density at radius 2 is 2.06 bits per heavy atom. The molecule has 2 N–H and O–H groups in total. The number of nitrogens with zero attached hydrogens (tertiary/aromatic N) is 1. The predicted molar refractivity (Wildman–Crippen MR) is 64.9 cm³/mol. The summed E-state index contributed by atoms with van der Waals surface area (Å²) in [4.78, 5) is 22.7. The number of benzene rings is 1. The highest BCUT2D eigenvalue weighted by Gasteiger charge is 2.14. The molecule has 0 aromatic heterocycles. The summed E-state index contributed by atoms with van der Waals surface area (Å²) in [5.41, 5.74) is 0.413. The number of para-hydroxylation sites is 2. The van der Waals surface area contributed by atoms with Crippen LogP contribution in [0.4, 0.5) is 5.69 Å². The monoisotopic (exact) mass is 247 g/mol. The van der Waals surface area contributed by atoms with Crippen LogP contribution in [0.3, 0.4) is 0 Å². The molecule has 0 aliphatic heterocycles. The Labute approximate surface area is 105 Å². The first-order valence-electron chi connectivity index (χ1n) is 5.37. The number of nitriles is 1. The van der Waals surface area contributed by atoms with Crippen molar-refractivity contribution in [1.29, 1.82) is 5.26 Å². The molecule has 6 nitrogen and oxygen atoms in total. The van der Waals surface area contributed by atoms with E-state index >= 15 is 0 Å². The van der Waals surface area contributed by atoms with E-state index in [1.54, 1.807) is 30.3 Å². The number of ether oxygens (including phenoxy) is 1. The van der Waals surface area contributed by atoms with Crippen molar-refractivity contribution < 1.29 is 14.3 Å². The highest BCUT2D eigenvalue weighted by Crippen LogP contribution is 2.23. The minimum absolute atomic E-state index is 0.209. The van der Waals surface area contributed by atoms with Crippen LogP contribution in [0.15, 0.2) is 24.3 Å². The zero-order valence-corrected chi connectivity index (χ0v) is 9.90. The average Bonchev–Trinajstić information content (AvgIpc) is 2.38. The predicted octanol–water partition coefficient (Wildman–Crippen LogP) is 0.664. The molecule has 0 atom stereocenters. The molecule has 0 radical (unpaired) electrons. The van der Waals surface area contributed by atoms with E-state index in [0.717, 1.165) is 0 Å². The maximum absolute atomic E-state index is 11.5. The van der Waals surface area contributed by atoms with E-state index in [0.29, 0.717) is 18.0 Å². The van der Waals surface area contributed by atoms with Crippen LogP contribution in [0.2, 0.25) is 0 Å². The standard InChI is InChI=1S/C12H13N3O3/c1-2-18-10-6-4-3-5-9(10)15-12(17)11(16)14-8-7-13/h3-6H,2,8H2,1H3,(H,14,16)(H,15,17). The minimum atomic E-state index is -0.858. The van der Waals surface area contributed by atoms with Gasteiger partial charge in [0.25, 0.3) is 0 Å². The molecule has 0 bridgehead atoms. The van der Waals surface area contributed by atoms with Crippen molar-refractivity contribution in [3.63, 3.8) is 0 Å². The number of hydrogen-bond acceptors (Lipinski definition) is 4. The van der Waals surface area contributed by atoms with Crippen molar-refractivity contribution >= 4 is 17.5 Å². The molecule has 0 unspecified atom stereocenters. The van der Waals surface area contributed by atoms with Crippen LogP contribution in [-0.2, 0) is 9.59 Å². The third kappa shape index (κ3) is 3.79. The lowest BCUT2D eigenvalue weighted by atomic mass is 10.3. The average molecular weight is 247 g/mol. The van der Waals surface area contributed by atoms with Gasteiger partial charge in [0.05, 0.1) is 18.4 Å². The zero-order valence-electron chi connectivity index (χ0n) is 9.90. The molecule has 94 valence electrons. The minimum Gasteiger partial charge on any atom is -0.492 e. The third-order valence-electron chi connectivity index (χ3n) is 1.97. The molecule has 0 saturated heterocycles. The first-order valence-corrected chi connectivity index (χ1v) is 5.37. The molecule has 0 spiro atoms. The van der Waals surface area contributed by atoms with Crippen LogP contribution in [0.25, 0.3) is 0 Å². The van der Waals surface area contributed by atoms with Crippen molar-refractivity contribution in [2.24, 2.45) is 0 Å². The Hall–Kier alpha value is -2.55. The van der Waals surface area contributed by atoms with Crippen LogP contribution < -0.4 is 15.4 Å². The van der Waals surface area contributed by atoms with Crippen LogP contribution in [0.5, 0.6) is 5.75 Å². The summed E-state index contributed by atoms with van der Waals surface area (Å²) in [6, 6.07) is 8.50.